The molecule has 3 fully saturated rings. The molecule has 5 rings (SSSR count). The van der Waals surface area contributed by atoms with Gasteiger partial charge in [0.05, 0.1) is 6.61 Å². The van der Waals surface area contributed by atoms with Crippen LogP contribution in [0.2, 0.25) is 0 Å². The lowest BCUT2D eigenvalue weighted by atomic mass is 9.70. The van der Waals surface area contributed by atoms with Crippen LogP contribution in [0.5, 0.6) is 5.75 Å². The van der Waals surface area contributed by atoms with Gasteiger partial charge in [-0.2, -0.15) is 0 Å². The minimum absolute atomic E-state index is 0.203. The van der Waals surface area contributed by atoms with E-state index >= 15 is 0 Å². The van der Waals surface area contributed by atoms with Gasteiger partial charge in [-0.3, -0.25) is 9.59 Å². The predicted octanol–water partition coefficient (Wildman–Crippen LogP) is 4.86. The molecule has 2 saturated heterocycles. The first-order valence-electron chi connectivity index (χ1n) is 13.7. The molecule has 0 aromatic heterocycles. The van der Waals surface area contributed by atoms with Crippen molar-refractivity contribution in [2.75, 3.05) is 32.8 Å². The molecule has 2 aromatic rings. The zero-order valence-electron chi connectivity index (χ0n) is 21.8. The number of ether oxygens (including phenoxy) is 1. The maximum Gasteiger partial charge on any atom is 0.254 e. The van der Waals surface area contributed by atoms with Crippen molar-refractivity contribution in [2.45, 2.75) is 57.9 Å². The summed E-state index contributed by atoms with van der Waals surface area (Å²) in [4.78, 5) is 28.6. The van der Waals surface area contributed by atoms with Crippen LogP contribution < -0.4 is 10.5 Å². The lowest BCUT2D eigenvalue weighted by Gasteiger charge is -2.44. The van der Waals surface area contributed by atoms with Gasteiger partial charge in [-0.15, -0.1) is 0 Å². The van der Waals surface area contributed by atoms with Crippen LogP contribution in [0.4, 0.5) is 4.39 Å². The molecule has 2 amide bonds. The second-order valence-corrected chi connectivity index (χ2v) is 11.5. The molecule has 3 aliphatic rings. The summed E-state index contributed by atoms with van der Waals surface area (Å²) in [6.45, 7) is 6.88. The average Bonchev–Trinajstić information content (AvgIpc) is 3.38. The van der Waals surface area contributed by atoms with Crippen molar-refractivity contribution < 1.29 is 18.7 Å². The summed E-state index contributed by atoms with van der Waals surface area (Å²) in [5, 5.41) is 0. The number of carbonyl (C=O) groups is 2. The van der Waals surface area contributed by atoms with Crippen LogP contribution in [0.3, 0.4) is 0 Å². The smallest absolute Gasteiger partial charge is 0.254 e. The van der Waals surface area contributed by atoms with Crippen molar-refractivity contribution in [3.05, 3.63) is 53.8 Å². The molecule has 0 unspecified atom stereocenters. The number of nitrogens with zero attached hydrogens (tertiary/aromatic N) is 2. The highest BCUT2D eigenvalue weighted by Crippen LogP contribution is 2.41. The second-order valence-electron chi connectivity index (χ2n) is 11.5. The quantitative estimate of drug-likeness (QED) is 0.554. The molecule has 1 saturated carbocycles. The van der Waals surface area contributed by atoms with Crippen LogP contribution in [0, 0.1) is 17.2 Å². The molecule has 0 radical (unpaired) electrons. The van der Waals surface area contributed by atoms with Gasteiger partial charge in [-0.1, -0.05) is 31.5 Å². The van der Waals surface area contributed by atoms with E-state index in [4.69, 9.17) is 10.5 Å². The number of nitrogens with two attached hydrogens (primary N) is 1. The van der Waals surface area contributed by atoms with Gasteiger partial charge < -0.3 is 20.3 Å². The van der Waals surface area contributed by atoms with Gasteiger partial charge in [-0.05, 0) is 98.3 Å². The standard InChI is InChI=1S/C30H38FN3O3/c1-30(13-3-14-30)20-33-16-11-21(12-17-33)19-37-27-10-9-24(18-25(27)31)22-5-7-23(8-6-22)29(36)34-15-2-4-26(34)28(32)35/h5-10,18,21,26H,2-4,11-17,19-20H2,1H3,(H2,32,35)/t26-/m0/s1. The highest BCUT2D eigenvalue weighted by molar-refractivity contribution is 5.98. The maximum absolute atomic E-state index is 14.9. The topological polar surface area (TPSA) is 75.9 Å². The number of carbonyl (C=O) groups excluding carboxylic acids is 2. The number of hydrogen-bond acceptors (Lipinski definition) is 4. The van der Waals surface area contributed by atoms with E-state index in [0.717, 1.165) is 43.5 Å². The number of primary amides is 1. The van der Waals surface area contributed by atoms with Crippen LogP contribution in [-0.4, -0.2) is 60.4 Å². The van der Waals surface area contributed by atoms with Crippen LogP contribution in [0.1, 0.15) is 62.2 Å². The molecule has 0 spiro atoms. The minimum atomic E-state index is -0.544. The van der Waals surface area contributed by atoms with Gasteiger partial charge in [0, 0.05) is 18.7 Å². The van der Waals surface area contributed by atoms with Crippen molar-refractivity contribution in [2.24, 2.45) is 17.1 Å². The maximum atomic E-state index is 14.9. The Morgan fingerprint density at radius 2 is 1.70 bits per heavy atom. The van der Waals surface area contributed by atoms with E-state index < -0.39 is 11.9 Å². The van der Waals surface area contributed by atoms with Gasteiger partial charge in [0.1, 0.15) is 6.04 Å². The third kappa shape index (κ3) is 5.82. The number of halogens is 1. The molecule has 1 atom stereocenters. The average molecular weight is 508 g/mol. The molecule has 2 aliphatic heterocycles. The lowest BCUT2D eigenvalue weighted by molar-refractivity contribution is -0.121. The fraction of sp³-hybridized carbons (Fsp3) is 0.533. The number of amides is 2. The molecule has 2 aromatic carbocycles. The third-order valence-electron chi connectivity index (χ3n) is 8.59. The molecular weight excluding hydrogens is 469 g/mol. The highest BCUT2D eigenvalue weighted by atomic mass is 19.1. The number of likely N-dealkylation sites (tertiary alicyclic amines) is 2. The van der Waals surface area contributed by atoms with E-state index in [9.17, 15) is 14.0 Å². The van der Waals surface area contributed by atoms with Crippen LogP contribution in [0.15, 0.2) is 42.5 Å². The first-order valence-corrected chi connectivity index (χ1v) is 13.7. The summed E-state index contributed by atoms with van der Waals surface area (Å²) in [5.41, 5.74) is 7.98. The van der Waals surface area contributed by atoms with E-state index in [-0.39, 0.29) is 17.5 Å². The van der Waals surface area contributed by atoms with Crippen LogP contribution >= 0.6 is 0 Å². The van der Waals surface area contributed by atoms with E-state index in [0.29, 0.717) is 36.5 Å². The van der Waals surface area contributed by atoms with Gasteiger partial charge >= 0.3 is 0 Å². The normalized spacial score (nSPS) is 22.0. The molecule has 7 heteroatoms. The monoisotopic (exact) mass is 507 g/mol. The Morgan fingerprint density at radius 3 is 2.32 bits per heavy atom. The van der Waals surface area contributed by atoms with E-state index in [1.807, 2.05) is 6.07 Å². The number of hydrogen-bond donors (Lipinski definition) is 1. The fourth-order valence-corrected chi connectivity index (χ4v) is 6.07. The van der Waals surface area contributed by atoms with Crippen molar-refractivity contribution in [3.63, 3.8) is 0 Å². The van der Waals surface area contributed by atoms with Gasteiger partial charge in [0.25, 0.3) is 5.91 Å². The van der Waals surface area contributed by atoms with Crippen molar-refractivity contribution >= 4 is 11.8 Å². The lowest BCUT2D eigenvalue weighted by Crippen LogP contribution is -2.44. The third-order valence-corrected chi connectivity index (χ3v) is 8.59. The van der Waals surface area contributed by atoms with Gasteiger partial charge in [0.15, 0.2) is 11.6 Å². The molecule has 6 nitrogen and oxygen atoms in total. The second kappa shape index (κ2) is 10.8. The minimum Gasteiger partial charge on any atom is -0.490 e. The molecule has 198 valence electrons. The predicted molar refractivity (Wildman–Crippen MR) is 142 cm³/mol. The Labute approximate surface area is 219 Å². The van der Waals surface area contributed by atoms with Crippen molar-refractivity contribution in [3.8, 4) is 16.9 Å². The number of rotatable bonds is 8. The molecule has 2 heterocycles. The fourth-order valence-electron chi connectivity index (χ4n) is 6.07. The zero-order chi connectivity index (χ0) is 26.0. The molecule has 2 N–H and O–H groups in total. The van der Waals surface area contributed by atoms with Gasteiger partial charge in [-0.25, -0.2) is 4.39 Å². The Morgan fingerprint density at radius 1 is 1.00 bits per heavy atom. The molecule has 0 bridgehead atoms. The Hall–Kier alpha value is -2.93. The number of benzene rings is 2. The van der Waals surface area contributed by atoms with Crippen LogP contribution in [0.25, 0.3) is 11.1 Å². The van der Waals surface area contributed by atoms with Crippen molar-refractivity contribution in [1.29, 1.82) is 0 Å². The highest BCUT2D eigenvalue weighted by Gasteiger charge is 2.35. The summed E-state index contributed by atoms with van der Waals surface area (Å²) < 4.78 is 20.8. The van der Waals surface area contributed by atoms with Gasteiger partial charge in [0.2, 0.25) is 5.91 Å². The Bertz CT molecular complexity index is 1120. The molecule has 1 aliphatic carbocycles. The first kappa shape index (κ1) is 25.7. The van der Waals surface area contributed by atoms with Crippen LogP contribution in [-0.2, 0) is 4.79 Å². The summed E-state index contributed by atoms with van der Waals surface area (Å²) in [5.74, 6) is -0.310. The summed E-state index contributed by atoms with van der Waals surface area (Å²) in [6.07, 6.45) is 7.63. The van der Waals surface area contributed by atoms with E-state index in [1.165, 1.54) is 31.9 Å². The molecular formula is C30H38FN3O3. The Kier molecular flexibility index (Phi) is 7.52. The molecule has 37 heavy (non-hydrogen) atoms. The largest absolute Gasteiger partial charge is 0.490 e. The zero-order valence-corrected chi connectivity index (χ0v) is 21.8. The van der Waals surface area contributed by atoms with Crippen molar-refractivity contribution in [1.82, 2.24) is 9.80 Å². The Balaban J connectivity index is 1.14. The number of piperidine rings is 1. The summed E-state index contributed by atoms with van der Waals surface area (Å²) in [7, 11) is 0. The summed E-state index contributed by atoms with van der Waals surface area (Å²) >= 11 is 0. The van der Waals surface area contributed by atoms with E-state index in [2.05, 4.69) is 11.8 Å². The van der Waals surface area contributed by atoms with E-state index in [1.54, 1.807) is 35.2 Å². The SMILES string of the molecule is CC1(CN2CCC(COc3ccc(-c4ccc(C(=O)N5CCC[C@H]5C(N)=O)cc4)cc3F)CC2)CCC1. The first-order chi connectivity index (χ1) is 17.8. The summed E-state index contributed by atoms with van der Waals surface area (Å²) in [6, 6.07) is 11.5.